The molecular weight excluding hydrogens is 244 g/mol. The fourth-order valence-corrected chi connectivity index (χ4v) is 2.65. The lowest BCUT2D eigenvalue weighted by Gasteiger charge is -2.22. The van der Waals surface area contributed by atoms with E-state index in [-0.39, 0.29) is 11.3 Å². The summed E-state index contributed by atoms with van der Waals surface area (Å²) in [7, 11) is 0. The summed E-state index contributed by atoms with van der Waals surface area (Å²) in [5.41, 5.74) is 5.25. The van der Waals surface area contributed by atoms with E-state index in [0.717, 1.165) is 12.8 Å². The number of carbonyl (C=O) groups excluding carboxylic acids is 1. The Kier molecular flexibility index (Phi) is 5.56. The Bertz CT molecular complexity index is 454. The van der Waals surface area contributed by atoms with Gasteiger partial charge in [0.15, 0.2) is 0 Å². The van der Waals surface area contributed by atoms with E-state index in [2.05, 4.69) is 60.6 Å². The van der Waals surface area contributed by atoms with Gasteiger partial charge in [-0.15, -0.1) is 0 Å². The van der Waals surface area contributed by atoms with Crippen LogP contribution in [-0.2, 0) is 16.6 Å². The molecule has 0 aliphatic carbocycles. The lowest BCUT2D eigenvalue weighted by molar-refractivity contribution is -0.121. The molecule has 0 amide bonds. The number of Topliss-reactive ketones (excluding diaryl/α,β-unsaturated/α-hetero) is 1. The van der Waals surface area contributed by atoms with Crippen LogP contribution in [0.3, 0.4) is 0 Å². The van der Waals surface area contributed by atoms with Crippen LogP contribution < -0.4 is 0 Å². The third kappa shape index (κ3) is 4.19. The van der Waals surface area contributed by atoms with Crippen LogP contribution in [0.2, 0.25) is 0 Å². The summed E-state index contributed by atoms with van der Waals surface area (Å²) in [6.45, 7) is 15.2. The second-order valence-electron chi connectivity index (χ2n) is 7.17. The van der Waals surface area contributed by atoms with Gasteiger partial charge in [-0.1, -0.05) is 53.2 Å². The zero-order chi connectivity index (χ0) is 15.5. The van der Waals surface area contributed by atoms with Crippen molar-refractivity contribution in [3.05, 3.63) is 34.4 Å². The first-order valence-electron chi connectivity index (χ1n) is 7.80. The van der Waals surface area contributed by atoms with E-state index < -0.39 is 0 Å². The van der Waals surface area contributed by atoms with Crippen LogP contribution in [0.5, 0.6) is 0 Å². The molecule has 0 saturated heterocycles. The van der Waals surface area contributed by atoms with E-state index in [1.165, 1.54) is 22.3 Å². The van der Waals surface area contributed by atoms with E-state index in [4.69, 9.17) is 0 Å². The van der Waals surface area contributed by atoms with Crippen molar-refractivity contribution >= 4 is 5.78 Å². The second-order valence-corrected chi connectivity index (χ2v) is 7.17. The van der Waals surface area contributed by atoms with Crippen LogP contribution >= 0.6 is 0 Å². The molecule has 112 valence electrons. The molecule has 1 heteroatoms. The Morgan fingerprint density at radius 1 is 1.15 bits per heavy atom. The Morgan fingerprint density at radius 2 is 1.65 bits per heavy atom. The first kappa shape index (κ1) is 16.9. The van der Waals surface area contributed by atoms with Crippen LogP contribution in [-0.4, -0.2) is 5.78 Å². The van der Waals surface area contributed by atoms with Crippen LogP contribution in [0.25, 0.3) is 0 Å². The molecule has 1 aromatic rings. The van der Waals surface area contributed by atoms with Crippen molar-refractivity contribution < 1.29 is 4.79 Å². The standard InChI is InChI=1S/C19H30O/c1-8-9-13(2)18(20)12-17-14(3)10-16(11-15(17)4)19(5,6)7/h10-11,13H,8-9,12H2,1-7H3. The maximum Gasteiger partial charge on any atom is 0.140 e. The first-order chi connectivity index (χ1) is 9.16. The smallest absolute Gasteiger partial charge is 0.140 e. The van der Waals surface area contributed by atoms with E-state index in [1.54, 1.807) is 0 Å². The van der Waals surface area contributed by atoms with Gasteiger partial charge < -0.3 is 0 Å². The average Bonchev–Trinajstić information content (AvgIpc) is 2.32. The molecule has 1 atom stereocenters. The average molecular weight is 274 g/mol. The lowest BCUT2D eigenvalue weighted by atomic mass is 9.82. The number of benzene rings is 1. The van der Waals surface area contributed by atoms with Crippen molar-refractivity contribution in [3.63, 3.8) is 0 Å². The SMILES string of the molecule is CCCC(C)C(=O)Cc1c(C)cc(C(C)(C)C)cc1C. The Labute approximate surface area is 124 Å². The number of hydrogen-bond donors (Lipinski definition) is 0. The zero-order valence-corrected chi connectivity index (χ0v) is 14.3. The highest BCUT2D eigenvalue weighted by molar-refractivity contribution is 5.83. The van der Waals surface area contributed by atoms with Gasteiger partial charge in [0.05, 0.1) is 0 Å². The molecule has 1 nitrogen and oxygen atoms in total. The summed E-state index contributed by atoms with van der Waals surface area (Å²) in [5.74, 6) is 0.558. The maximum atomic E-state index is 12.3. The van der Waals surface area contributed by atoms with Crippen molar-refractivity contribution in [2.24, 2.45) is 5.92 Å². The van der Waals surface area contributed by atoms with Gasteiger partial charge in [-0.05, 0) is 47.9 Å². The largest absolute Gasteiger partial charge is 0.299 e. The fraction of sp³-hybridized carbons (Fsp3) is 0.632. The molecule has 0 saturated carbocycles. The normalized spacial score (nSPS) is 13.3. The lowest BCUT2D eigenvalue weighted by Crippen LogP contribution is -2.17. The van der Waals surface area contributed by atoms with Crippen molar-refractivity contribution in [1.29, 1.82) is 0 Å². The number of ketones is 1. The Balaban J connectivity index is 3.01. The number of rotatable bonds is 5. The van der Waals surface area contributed by atoms with Gasteiger partial charge in [0, 0.05) is 12.3 Å². The summed E-state index contributed by atoms with van der Waals surface area (Å²) in [4.78, 5) is 12.3. The minimum atomic E-state index is 0.160. The summed E-state index contributed by atoms with van der Waals surface area (Å²) in [6.07, 6.45) is 2.66. The predicted octanol–water partition coefficient (Wildman–Crippen LogP) is 5.15. The Hall–Kier alpha value is -1.11. The molecule has 0 aliphatic heterocycles. The van der Waals surface area contributed by atoms with Gasteiger partial charge in [-0.25, -0.2) is 0 Å². The minimum absolute atomic E-state index is 0.160. The highest BCUT2D eigenvalue weighted by atomic mass is 16.1. The van der Waals surface area contributed by atoms with Crippen molar-refractivity contribution in [2.75, 3.05) is 0 Å². The topological polar surface area (TPSA) is 17.1 Å². The van der Waals surface area contributed by atoms with Crippen molar-refractivity contribution in [2.45, 2.75) is 73.1 Å². The second kappa shape index (κ2) is 6.56. The molecule has 0 aliphatic rings. The van der Waals surface area contributed by atoms with Crippen molar-refractivity contribution in [3.8, 4) is 0 Å². The molecule has 0 heterocycles. The summed E-state index contributed by atoms with van der Waals surface area (Å²) >= 11 is 0. The van der Waals surface area contributed by atoms with Gasteiger partial charge >= 0.3 is 0 Å². The molecule has 20 heavy (non-hydrogen) atoms. The van der Waals surface area contributed by atoms with Gasteiger partial charge in [-0.2, -0.15) is 0 Å². The molecule has 0 aromatic heterocycles. The van der Waals surface area contributed by atoms with Crippen LogP contribution in [0.15, 0.2) is 12.1 Å². The highest BCUT2D eigenvalue weighted by Gasteiger charge is 2.19. The van der Waals surface area contributed by atoms with Gasteiger partial charge in [-0.3, -0.25) is 4.79 Å². The number of hydrogen-bond acceptors (Lipinski definition) is 1. The third-order valence-corrected chi connectivity index (χ3v) is 4.18. The first-order valence-corrected chi connectivity index (χ1v) is 7.80. The van der Waals surface area contributed by atoms with Crippen molar-refractivity contribution in [1.82, 2.24) is 0 Å². The molecule has 1 rings (SSSR count). The maximum absolute atomic E-state index is 12.3. The molecule has 0 bridgehead atoms. The van der Waals surface area contributed by atoms with Gasteiger partial charge in [0.2, 0.25) is 0 Å². The minimum Gasteiger partial charge on any atom is -0.299 e. The number of aryl methyl sites for hydroxylation is 2. The van der Waals surface area contributed by atoms with E-state index >= 15 is 0 Å². The van der Waals surface area contributed by atoms with Gasteiger partial charge in [0.25, 0.3) is 0 Å². The van der Waals surface area contributed by atoms with E-state index in [1.807, 2.05) is 0 Å². The number of carbonyl (C=O) groups is 1. The molecule has 0 fully saturated rings. The zero-order valence-electron chi connectivity index (χ0n) is 14.3. The Morgan fingerprint density at radius 3 is 2.05 bits per heavy atom. The quantitative estimate of drug-likeness (QED) is 0.725. The molecule has 1 aromatic carbocycles. The molecule has 1 unspecified atom stereocenters. The molecule has 0 radical (unpaired) electrons. The van der Waals surface area contributed by atoms with Crippen LogP contribution in [0, 0.1) is 19.8 Å². The molecule has 0 N–H and O–H groups in total. The van der Waals surface area contributed by atoms with Gasteiger partial charge in [0.1, 0.15) is 5.78 Å². The summed E-state index contributed by atoms with van der Waals surface area (Å²) in [5, 5.41) is 0. The molecule has 0 spiro atoms. The predicted molar refractivity (Wildman–Crippen MR) is 87.4 cm³/mol. The fourth-order valence-electron chi connectivity index (χ4n) is 2.65. The van der Waals surface area contributed by atoms with E-state index in [0.29, 0.717) is 12.2 Å². The highest BCUT2D eigenvalue weighted by Crippen LogP contribution is 2.27. The van der Waals surface area contributed by atoms with Crippen LogP contribution in [0.1, 0.15) is 69.7 Å². The summed E-state index contributed by atoms with van der Waals surface area (Å²) < 4.78 is 0. The van der Waals surface area contributed by atoms with E-state index in [9.17, 15) is 4.79 Å². The summed E-state index contributed by atoms with van der Waals surface area (Å²) in [6, 6.07) is 4.50. The molecular formula is C19H30O. The third-order valence-electron chi connectivity index (χ3n) is 4.18. The van der Waals surface area contributed by atoms with Crippen LogP contribution in [0.4, 0.5) is 0 Å². The monoisotopic (exact) mass is 274 g/mol.